The van der Waals surface area contributed by atoms with Gasteiger partial charge in [0.25, 0.3) is 17.4 Å². The minimum absolute atomic E-state index is 0.0562. The fourth-order valence-corrected chi connectivity index (χ4v) is 1.03. The summed E-state index contributed by atoms with van der Waals surface area (Å²) in [6.45, 7) is 0. The van der Waals surface area contributed by atoms with Crippen molar-refractivity contribution >= 4 is 5.95 Å². The first-order chi connectivity index (χ1) is 6.66. The molecule has 0 aliphatic heterocycles. The minimum Gasteiger partial charge on any atom is -0.365 e. The van der Waals surface area contributed by atoms with Gasteiger partial charge in [-0.15, -0.1) is 0 Å². The molecular formula is C8H8N4O2. The van der Waals surface area contributed by atoms with Crippen molar-refractivity contribution in [1.29, 1.82) is 0 Å². The summed E-state index contributed by atoms with van der Waals surface area (Å²) in [7, 11) is 1.66. The lowest BCUT2D eigenvalue weighted by atomic mass is 10.3. The molecule has 0 saturated carbocycles. The van der Waals surface area contributed by atoms with Crippen molar-refractivity contribution in [2.24, 2.45) is 7.05 Å². The van der Waals surface area contributed by atoms with E-state index in [0.717, 1.165) is 0 Å². The second kappa shape index (κ2) is 2.99. The zero-order valence-corrected chi connectivity index (χ0v) is 7.47. The van der Waals surface area contributed by atoms with Crippen molar-refractivity contribution < 1.29 is 4.52 Å². The van der Waals surface area contributed by atoms with Gasteiger partial charge in [-0.3, -0.25) is 4.79 Å². The van der Waals surface area contributed by atoms with Gasteiger partial charge in [0.15, 0.2) is 0 Å². The number of nitrogens with zero attached hydrogens (tertiary/aromatic N) is 3. The summed E-state index contributed by atoms with van der Waals surface area (Å²) in [5, 5.41) is 3.43. The highest BCUT2D eigenvalue weighted by molar-refractivity contribution is 5.52. The number of anilines is 1. The van der Waals surface area contributed by atoms with Gasteiger partial charge < -0.3 is 14.8 Å². The van der Waals surface area contributed by atoms with Gasteiger partial charge in [-0.05, 0) is 11.2 Å². The average Bonchev–Trinajstić information content (AvgIpc) is 2.57. The third-order valence-corrected chi connectivity index (χ3v) is 1.79. The molecule has 0 bridgehead atoms. The quantitative estimate of drug-likeness (QED) is 0.688. The van der Waals surface area contributed by atoms with Gasteiger partial charge in [0.1, 0.15) is 0 Å². The zero-order valence-electron chi connectivity index (χ0n) is 7.47. The molecule has 72 valence electrons. The predicted octanol–water partition coefficient (Wildman–Crippen LogP) is 0.0175. The third-order valence-electron chi connectivity index (χ3n) is 1.79. The van der Waals surface area contributed by atoms with Crippen LogP contribution in [-0.4, -0.2) is 14.7 Å². The summed E-state index contributed by atoms with van der Waals surface area (Å²) in [5.41, 5.74) is 5.71. The van der Waals surface area contributed by atoms with E-state index in [-0.39, 0.29) is 17.4 Å². The van der Waals surface area contributed by atoms with E-state index < -0.39 is 0 Å². The van der Waals surface area contributed by atoms with Crippen LogP contribution in [0.2, 0.25) is 0 Å². The molecular weight excluding hydrogens is 184 g/mol. The van der Waals surface area contributed by atoms with Gasteiger partial charge in [0.2, 0.25) is 0 Å². The van der Waals surface area contributed by atoms with Crippen LogP contribution in [0.1, 0.15) is 0 Å². The molecule has 0 spiro atoms. The normalized spacial score (nSPS) is 10.4. The molecule has 0 amide bonds. The molecule has 6 heteroatoms. The fourth-order valence-electron chi connectivity index (χ4n) is 1.03. The van der Waals surface area contributed by atoms with Crippen LogP contribution in [0.5, 0.6) is 0 Å². The maximum Gasteiger partial charge on any atom is 0.261 e. The summed E-state index contributed by atoms with van der Waals surface area (Å²) >= 11 is 0. The van der Waals surface area contributed by atoms with Crippen LogP contribution in [0.3, 0.4) is 0 Å². The zero-order chi connectivity index (χ0) is 10.1. The fraction of sp³-hybridized carbons (Fsp3) is 0.125. The SMILES string of the molecule is Cn1ccc(-c2nc(N)no2)cc1=O. The lowest BCUT2D eigenvalue weighted by Crippen LogP contribution is -2.14. The van der Waals surface area contributed by atoms with Gasteiger partial charge in [0.05, 0.1) is 0 Å². The molecule has 0 radical (unpaired) electrons. The maximum atomic E-state index is 11.3. The summed E-state index contributed by atoms with van der Waals surface area (Å²) in [4.78, 5) is 15.1. The lowest BCUT2D eigenvalue weighted by Gasteiger charge is -1.96. The monoisotopic (exact) mass is 192 g/mol. The number of aromatic nitrogens is 3. The first-order valence-electron chi connectivity index (χ1n) is 3.93. The molecule has 0 atom stereocenters. The van der Waals surface area contributed by atoms with Crippen LogP contribution >= 0.6 is 0 Å². The van der Waals surface area contributed by atoms with Gasteiger partial charge in [0, 0.05) is 24.9 Å². The largest absolute Gasteiger partial charge is 0.365 e. The third kappa shape index (κ3) is 1.37. The van der Waals surface area contributed by atoms with E-state index in [9.17, 15) is 4.79 Å². The van der Waals surface area contributed by atoms with Gasteiger partial charge in [-0.1, -0.05) is 0 Å². The van der Waals surface area contributed by atoms with Crippen molar-refractivity contribution in [3.05, 3.63) is 28.7 Å². The number of aryl methyl sites for hydroxylation is 1. The van der Waals surface area contributed by atoms with Gasteiger partial charge in [-0.25, -0.2) is 0 Å². The molecule has 6 nitrogen and oxygen atoms in total. The van der Waals surface area contributed by atoms with Crippen molar-refractivity contribution in [2.45, 2.75) is 0 Å². The molecule has 0 unspecified atom stereocenters. The molecule has 0 aromatic carbocycles. The Labute approximate surface area is 79.0 Å². The Morgan fingerprint density at radius 1 is 1.57 bits per heavy atom. The minimum atomic E-state index is -0.140. The van der Waals surface area contributed by atoms with Crippen LogP contribution in [0.25, 0.3) is 11.5 Å². The molecule has 0 aliphatic carbocycles. The van der Waals surface area contributed by atoms with E-state index in [4.69, 9.17) is 10.3 Å². The smallest absolute Gasteiger partial charge is 0.261 e. The van der Waals surface area contributed by atoms with Crippen molar-refractivity contribution in [1.82, 2.24) is 14.7 Å². The predicted molar refractivity (Wildman–Crippen MR) is 49.4 cm³/mol. The van der Waals surface area contributed by atoms with Crippen LogP contribution < -0.4 is 11.3 Å². The van der Waals surface area contributed by atoms with E-state index >= 15 is 0 Å². The molecule has 0 aliphatic rings. The van der Waals surface area contributed by atoms with Crippen molar-refractivity contribution in [3.8, 4) is 11.5 Å². The van der Waals surface area contributed by atoms with Gasteiger partial charge >= 0.3 is 0 Å². The van der Waals surface area contributed by atoms with Crippen molar-refractivity contribution in [3.63, 3.8) is 0 Å². The second-order valence-corrected chi connectivity index (χ2v) is 2.82. The van der Waals surface area contributed by atoms with Crippen LogP contribution in [-0.2, 0) is 7.05 Å². The number of nitrogens with two attached hydrogens (primary N) is 1. The highest BCUT2D eigenvalue weighted by Gasteiger charge is 2.06. The number of hydrogen-bond donors (Lipinski definition) is 1. The molecule has 14 heavy (non-hydrogen) atoms. The molecule has 0 fully saturated rings. The Morgan fingerprint density at radius 3 is 2.93 bits per heavy atom. The van der Waals surface area contributed by atoms with E-state index in [2.05, 4.69) is 10.1 Å². The van der Waals surface area contributed by atoms with E-state index in [1.165, 1.54) is 10.6 Å². The molecule has 2 N–H and O–H groups in total. The molecule has 0 saturated heterocycles. The Kier molecular flexibility index (Phi) is 1.81. The summed E-state index contributed by atoms with van der Waals surface area (Å²) in [5.74, 6) is 0.306. The van der Waals surface area contributed by atoms with Crippen LogP contribution in [0.15, 0.2) is 27.6 Å². The Bertz CT molecular complexity index is 514. The number of rotatable bonds is 1. The van der Waals surface area contributed by atoms with Gasteiger partial charge in [-0.2, -0.15) is 4.98 Å². The van der Waals surface area contributed by atoms with Crippen LogP contribution in [0.4, 0.5) is 5.95 Å². The summed E-state index contributed by atoms with van der Waals surface area (Å²) < 4.78 is 6.26. The topological polar surface area (TPSA) is 86.9 Å². The number of nitrogen functional groups attached to an aromatic ring is 1. The Hall–Kier alpha value is -2.11. The summed E-state index contributed by atoms with van der Waals surface area (Å²) in [6, 6.07) is 3.11. The summed E-state index contributed by atoms with van der Waals surface area (Å²) in [6.07, 6.45) is 1.62. The Morgan fingerprint density at radius 2 is 2.36 bits per heavy atom. The van der Waals surface area contributed by atoms with Crippen molar-refractivity contribution in [2.75, 3.05) is 5.73 Å². The molecule has 2 aromatic rings. The number of hydrogen-bond acceptors (Lipinski definition) is 5. The van der Waals surface area contributed by atoms with E-state index in [1.807, 2.05) is 0 Å². The first-order valence-corrected chi connectivity index (χ1v) is 3.93. The van der Waals surface area contributed by atoms with Crippen LogP contribution in [0, 0.1) is 0 Å². The second-order valence-electron chi connectivity index (χ2n) is 2.82. The average molecular weight is 192 g/mol. The Balaban J connectivity index is 2.53. The maximum absolute atomic E-state index is 11.3. The molecule has 2 heterocycles. The lowest BCUT2D eigenvalue weighted by molar-refractivity contribution is 0.433. The van der Waals surface area contributed by atoms with E-state index in [1.54, 1.807) is 19.3 Å². The highest BCUT2D eigenvalue weighted by Crippen LogP contribution is 2.14. The standard InChI is InChI=1S/C8H8N4O2/c1-12-3-2-5(4-6(12)13)7-10-8(9)11-14-7/h2-4H,1H3,(H2,9,11). The first kappa shape index (κ1) is 8.49. The molecule has 2 aromatic heterocycles. The molecule has 2 rings (SSSR count). The van der Waals surface area contributed by atoms with E-state index in [0.29, 0.717) is 5.56 Å². The number of pyridine rings is 1. The highest BCUT2D eigenvalue weighted by atomic mass is 16.5.